The van der Waals surface area contributed by atoms with Crippen molar-refractivity contribution in [3.05, 3.63) is 42.3 Å². The highest BCUT2D eigenvalue weighted by Crippen LogP contribution is 2.20. The van der Waals surface area contributed by atoms with Crippen LogP contribution < -0.4 is 11.1 Å². The summed E-state index contributed by atoms with van der Waals surface area (Å²) < 4.78 is 44.2. The van der Waals surface area contributed by atoms with Crippen molar-refractivity contribution in [2.75, 3.05) is 0 Å². The van der Waals surface area contributed by atoms with E-state index in [4.69, 9.17) is 4.52 Å². The third-order valence-corrected chi connectivity index (χ3v) is 3.68. The van der Waals surface area contributed by atoms with Crippen molar-refractivity contribution < 1.29 is 32.1 Å². The first-order valence-electron chi connectivity index (χ1n) is 8.09. The van der Waals surface area contributed by atoms with Crippen LogP contribution in [0.15, 0.2) is 28.8 Å². The molecule has 1 aromatic heterocycles. The topological polar surface area (TPSA) is 128 Å². The molecule has 11 heteroatoms. The first-order chi connectivity index (χ1) is 13.1. The number of benzene rings is 1. The molecule has 2 aromatic rings. The molecule has 0 aliphatic rings. The molecular weight excluding hydrogens is 381 g/mol. The summed E-state index contributed by atoms with van der Waals surface area (Å²) in [6.07, 6.45) is -0.554. The average molecular weight is 397 g/mol. The largest absolute Gasteiger partial charge is 0.364 e. The summed E-state index contributed by atoms with van der Waals surface area (Å²) in [7, 11) is 0. The lowest BCUT2D eigenvalue weighted by molar-refractivity contribution is -0.142. The van der Waals surface area contributed by atoms with Crippen LogP contribution in [0.4, 0.5) is 13.2 Å². The number of nitrogens with zero attached hydrogens (tertiary/aromatic N) is 2. The fraction of sp³-hybridized carbons (Fsp3) is 0.294. The Balaban J connectivity index is 2.02. The maximum Gasteiger partial charge on any atom is 0.325 e. The van der Waals surface area contributed by atoms with Gasteiger partial charge in [-0.05, 0) is 30.7 Å². The van der Waals surface area contributed by atoms with Gasteiger partial charge in [0.15, 0.2) is 0 Å². The fourth-order valence-electron chi connectivity index (χ4n) is 2.09. The van der Waals surface area contributed by atoms with Crippen LogP contribution in [-0.4, -0.2) is 39.7 Å². The number of nitrogens with one attached hydrogen (secondary N) is 1. The SMILES string of the molecule is CC[C@H](NC(=O)[CH]CC(F)(F)C(N)=O)C(=O)c1noc(-c2ccc(F)cc2)n1. The third-order valence-electron chi connectivity index (χ3n) is 3.68. The second-order valence-electron chi connectivity index (χ2n) is 5.74. The number of aromatic nitrogens is 2. The molecular formula is C17H16F3N4O4. The molecule has 2 rings (SSSR count). The fourth-order valence-corrected chi connectivity index (χ4v) is 2.09. The van der Waals surface area contributed by atoms with Gasteiger partial charge in [-0.3, -0.25) is 14.4 Å². The maximum absolute atomic E-state index is 13.1. The highest BCUT2D eigenvalue weighted by atomic mass is 19.3. The number of hydrogen-bond donors (Lipinski definition) is 2. The van der Waals surface area contributed by atoms with Crippen LogP contribution in [0.5, 0.6) is 0 Å². The summed E-state index contributed by atoms with van der Waals surface area (Å²) >= 11 is 0. The first-order valence-corrected chi connectivity index (χ1v) is 8.09. The zero-order valence-electron chi connectivity index (χ0n) is 14.6. The van der Waals surface area contributed by atoms with Gasteiger partial charge in [0.2, 0.25) is 17.5 Å². The summed E-state index contributed by atoms with van der Waals surface area (Å²) in [5.41, 5.74) is 4.91. The minimum atomic E-state index is -3.87. The van der Waals surface area contributed by atoms with Gasteiger partial charge in [0.25, 0.3) is 11.8 Å². The van der Waals surface area contributed by atoms with Gasteiger partial charge in [-0.15, -0.1) is 0 Å². The van der Waals surface area contributed by atoms with Gasteiger partial charge in [-0.1, -0.05) is 12.1 Å². The van der Waals surface area contributed by atoms with E-state index in [1.54, 1.807) is 6.92 Å². The molecule has 0 aliphatic heterocycles. The third kappa shape index (κ3) is 5.15. The Hall–Kier alpha value is -3.24. The molecule has 0 spiro atoms. The minimum absolute atomic E-state index is 0.0304. The van der Waals surface area contributed by atoms with E-state index in [1.165, 1.54) is 24.3 Å². The van der Waals surface area contributed by atoms with E-state index in [2.05, 4.69) is 21.2 Å². The molecule has 0 saturated heterocycles. The van der Waals surface area contributed by atoms with Crippen LogP contribution in [0.1, 0.15) is 30.4 Å². The number of rotatable bonds is 9. The Labute approximate surface area is 157 Å². The maximum atomic E-state index is 13.1. The molecule has 149 valence electrons. The van der Waals surface area contributed by atoms with Crippen molar-refractivity contribution >= 4 is 17.6 Å². The number of carbonyl (C=O) groups excluding carboxylic acids is 3. The predicted octanol–water partition coefficient (Wildman–Crippen LogP) is 1.67. The average Bonchev–Trinajstić information content (AvgIpc) is 3.14. The predicted molar refractivity (Wildman–Crippen MR) is 89.3 cm³/mol. The summed E-state index contributed by atoms with van der Waals surface area (Å²) in [5.74, 6) is -8.26. The zero-order valence-corrected chi connectivity index (χ0v) is 14.6. The van der Waals surface area contributed by atoms with Crippen LogP contribution in [0.2, 0.25) is 0 Å². The quantitative estimate of drug-likeness (QED) is 0.620. The monoisotopic (exact) mass is 397 g/mol. The van der Waals surface area contributed by atoms with Crippen molar-refractivity contribution in [3.63, 3.8) is 0 Å². The van der Waals surface area contributed by atoms with Crippen LogP contribution in [0.25, 0.3) is 11.5 Å². The molecule has 1 radical (unpaired) electrons. The molecule has 28 heavy (non-hydrogen) atoms. The lowest BCUT2D eigenvalue weighted by Crippen LogP contribution is -2.42. The number of amides is 2. The van der Waals surface area contributed by atoms with Gasteiger partial charge in [0.1, 0.15) is 5.82 Å². The number of nitrogens with two attached hydrogens (primary N) is 1. The normalized spacial score (nSPS) is 12.4. The standard InChI is InChI=1S/C17H16F3N4O4/c1-2-11(22-12(25)7-8-17(19,20)16(21)27)13(26)14-23-15(28-24-14)9-3-5-10(18)6-4-9/h3-7,11H,2,8H2,1H3,(H2,21,27)(H,22,25)/t11-/m0/s1. The van der Waals surface area contributed by atoms with Crippen molar-refractivity contribution in [2.45, 2.75) is 31.7 Å². The van der Waals surface area contributed by atoms with E-state index in [0.29, 0.717) is 12.0 Å². The van der Waals surface area contributed by atoms with Gasteiger partial charge in [-0.2, -0.15) is 13.8 Å². The number of hydrogen-bond acceptors (Lipinski definition) is 6. The van der Waals surface area contributed by atoms with Crippen molar-refractivity contribution in [3.8, 4) is 11.5 Å². The van der Waals surface area contributed by atoms with Crippen LogP contribution >= 0.6 is 0 Å². The van der Waals surface area contributed by atoms with E-state index in [-0.39, 0.29) is 18.1 Å². The Kier molecular flexibility index (Phi) is 6.49. The van der Waals surface area contributed by atoms with Crippen molar-refractivity contribution in [1.82, 2.24) is 15.5 Å². The van der Waals surface area contributed by atoms with Crippen LogP contribution in [-0.2, 0) is 9.59 Å². The lowest BCUT2D eigenvalue weighted by atomic mass is 10.1. The molecule has 0 bridgehead atoms. The van der Waals surface area contributed by atoms with Gasteiger partial charge in [0.05, 0.1) is 12.5 Å². The molecule has 2 amide bonds. The number of alkyl halides is 2. The number of ketones is 1. The summed E-state index contributed by atoms with van der Waals surface area (Å²) in [5, 5.41) is 5.76. The number of halogens is 3. The molecule has 8 nitrogen and oxygen atoms in total. The number of Topliss-reactive ketones (excluding diaryl/α,β-unsaturated/α-hetero) is 1. The Morgan fingerprint density at radius 3 is 2.50 bits per heavy atom. The number of carbonyl (C=O) groups is 3. The smallest absolute Gasteiger partial charge is 0.325 e. The highest BCUT2D eigenvalue weighted by Gasteiger charge is 2.37. The van der Waals surface area contributed by atoms with Crippen molar-refractivity contribution in [1.29, 1.82) is 0 Å². The highest BCUT2D eigenvalue weighted by molar-refractivity contribution is 6.00. The molecule has 0 fully saturated rings. The van der Waals surface area contributed by atoms with E-state index >= 15 is 0 Å². The summed E-state index contributed by atoms with van der Waals surface area (Å²) in [6, 6.07) is 4.00. The molecule has 0 unspecified atom stereocenters. The molecule has 0 saturated carbocycles. The molecule has 1 aromatic carbocycles. The van der Waals surface area contributed by atoms with E-state index in [0.717, 1.165) is 0 Å². The molecule has 3 N–H and O–H groups in total. The van der Waals surface area contributed by atoms with Gasteiger partial charge >= 0.3 is 5.92 Å². The second kappa shape index (κ2) is 8.63. The minimum Gasteiger partial charge on any atom is -0.364 e. The summed E-state index contributed by atoms with van der Waals surface area (Å²) in [6.45, 7) is 1.57. The molecule has 0 aliphatic carbocycles. The summed E-state index contributed by atoms with van der Waals surface area (Å²) in [4.78, 5) is 38.7. The van der Waals surface area contributed by atoms with Crippen LogP contribution in [0.3, 0.4) is 0 Å². The van der Waals surface area contributed by atoms with E-state index in [1.807, 2.05) is 0 Å². The van der Waals surface area contributed by atoms with Crippen LogP contribution in [0, 0.1) is 12.2 Å². The van der Waals surface area contributed by atoms with E-state index < -0.39 is 41.8 Å². The van der Waals surface area contributed by atoms with Gasteiger partial charge in [-0.25, -0.2) is 4.39 Å². The van der Waals surface area contributed by atoms with E-state index in [9.17, 15) is 27.6 Å². The molecule has 1 atom stereocenters. The lowest BCUT2D eigenvalue weighted by Gasteiger charge is -2.15. The zero-order chi connectivity index (χ0) is 20.9. The Bertz CT molecular complexity index is 868. The Morgan fingerprint density at radius 1 is 1.29 bits per heavy atom. The number of primary amides is 1. The Morgan fingerprint density at radius 2 is 1.93 bits per heavy atom. The van der Waals surface area contributed by atoms with Gasteiger partial charge < -0.3 is 15.6 Å². The molecule has 1 heterocycles. The second-order valence-corrected chi connectivity index (χ2v) is 5.74. The van der Waals surface area contributed by atoms with Gasteiger partial charge in [0, 0.05) is 12.0 Å². The first kappa shape index (κ1) is 21.1. The van der Waals surface area contributed by atoms with Crippen molar-refractivity contribution in [2.24, 2.45) is 5.73 Å².